The Kier molecular flexibility index (Phi) is 11.6. The van der Waals surface area contributed by atoms with Gasteiger partial charge in [0.05, 0.1) is 11.7 Å². The molecule has 0 saturated carbocycles. The fourth-order valence-corrected chi connectivity index (χ4v) is 3.98. The highest BCUT2D eigenvalue weighted by Crippen LogP contribution is 2.24. The molecule has 1 heterocycles. The van der Waals surface area contributed by atoms with Crippen molar-refractivity contribution in [2.75, 3.05) is 13.2 Å². The maximum Gasteiger partial charge on any atom is 0.341 e. The molecule has 1 aromatic heterocycles. The molecule has 36 heavy (non-hydrogen) atoms. The van der Waals surface area contributed by atoms with Gasteiger partial charge in [-0.3, -0.25) is 0 Å². The number of benzene rings is 2. The van der Waals surface area contributed by atoms with Gasteiger partial charge in [0, 0.05) is 24.6 Å². The first kappa shape index (κ1) is 27.5. The van der Waals surface area contributed by atoms with E-state index in [-0.39, 0.29) is 12.7 Å². The summed E-state index contributed by atoms with van der Waals surface area (Å²) in [4.78, 5) is 21.1. The van der Waals surface area contributed by atoms with Crippen molar-refractivity contribution in [3.05, 3.63) is 72.1 Å². The van der Waals surface area contributed by atoms with Gasteiger partial charge in [-0.05, 0) is 42.9 Å². The second kappa shape index (κ2) is 15.1. The number of aromatic nitrogens is 2. The zero-order valence-electron chi connectivity index (χ0n) is 22.0. The van der Waals surface area contributed by atoms with E-state index in [0.29, 0.717) is 18.0 Å². The largest absolute Gasteiger partial charge is 0.459 e. The lowest BCUT2D eigenvalue weighted by atomic mass is 10.00. The Labute approximate surface area is 216 Å². The average Bonchev–Trinajstić information content (AvgIpc) is 2.93. The number of esters is 1. The minimum absolute atomic E-state index is 0.133. The summed E-state index contributed by atoms with van der Waals surface area (Å²) in [7, 11) is 0. The van der Waals surface area contributed by atoms with E-state index >= 15 is 0 Å². The molecule has 0 radical (unpaired) electrons. The number of hydrogen-bond donors (Lipinski definition) is 0. The van der Waals surface area contributed by atoms with Crippen LogP contribution in [0.2, 0.25) is 0 Å². The second-order valence-corrected chi connectivity index (χ2v) is 9.37. The Balaban J connectivity index is 1.50. The summed E-state index contributed by atoms with van der Waals surface area (Å²) >= 11 is 0. The molecule has 0 spiro atoms. The van der Waals surface area contributed by atoms with Gasteiger partial charge in [-0.15, -0.1) is 0 Å². The third-order valence-corrected chi connectivity index (χ3v) is 6.24. The van der Waals surface area contributed by atoms with Crippen LogP contribution in [0.5, 0.6) is 0 Å². The van der Waals surface area contributed by atoms with Crippen LogP contribution < -0.4 is 0 Å². The van der Waals surface area contributed by atoms with E-state index in [1.165, 1.54) is 49.2 Å². The zero-order chi connectivity index (χ0) is 25.6. The fourth-order valence-electron chi connectivity index (χ4n) is 3.98. The molecule has 0 N–H and O–H groups in total. The van der Waals surface area contributed by atoms with Crippen LogP contribution in [0.25, 0.3) is 22.5 Å². The summed E-state index contributed by atoms with van der Waals surface area (Å²) in [5.74, 6) is 0.142. The highest BCUT2D eigenvalue weighted by atomic mass is 16.6. The minimum Gasteiger partial charge on any atom is -0.459 e. The van der Waals surface area contributed by atoms with Gasteiger partial charge in [-0.25, -0.2) is 14.8 Å². The van der Waals surface area contributed by atoms with Crippen LogP contribution in [0.3, 0.4) is 0 Å². The standard InChI is InChI=1S/C31H40N2O3/c1-4-6-8-9-11-25-12-14-26(15-13-25)27-16-18-28(19-17-27)30-32-21-29(22-33-30)31(34)36-23-24(3)35-20-10-7-5-2/h12-19,21-22,24H,4-11,20,23H2,1-3H3/t24-/m1/s1. The van der Waals surface area contributed by atoms with Gasteiger partial charge in [0.1, 0.15) is 6.61 Å². The normalized spacial score (nSPS) is 11.9. The molecule has 3 aromatic rings. The summed E-state index contributed by atoms with van der Waals surface area (Å²) in [5.41, 5.74) is 4.99. The Hall–Kier alpha value is -3.05. The molecule has 5 heteroatoms. The molecule has 0 bridgehead atoms. The van der Waals surface area contributed by atoms with Crippen LogP contribution in [-0.2, 0) is 15.9 Å². The highest BCUT2D eigenvalue weighted by molar-refractivity contribution is 5.88. The van der Waals surface area contributed by atoms with Crippen LogP contribution in [0.1, 0.15) is 81.6 Å². The number of ether oxygens (including phenoxy) is 2. The molecule has 192 valence electrons. The van der Waals surface area contributed by atoms with E-state index in [2.05, 4.69) is 60.2 Å². The predicted molar refractivity (Wildman–Crippen MR) is 146 cm³/mol. The lowest BCUT2D eigenvalue weighted by Gasteiger charge is -2.13. The van der Waals surface area contributed by atoms with E-state index in [1.54, 1.807) is 0 Å². The van der Waals surface area contributed by atoms with Gasteiger partial charge in [-0.2, -0.15) is 0 Å². The molecule has 1 atom stereocenters. The summed E-state index contributed by atoms with van der Waals surface area (Å²) in [6, 6.07) is 17.0. The molecule has 3 rings (SSSR count). The van der Waals surface area contributed by atoms with Crippen molar-refractivity contribution >= 4 is 5.97 Å². The zero-order valence-corrected chi connectivity index (χ0v) is 22.0. The first-order chi connectivity index (χ1) is 17.6. The number of carbonyl (C=O) groups is 1. The number of unbranched alkanes of at least 4 members (excludes halogenated alkanes) is 5. The molecule has 0 aliphatic carbocycles. The third-order valence-electron chi connectivity index (χ3n) is 6.24. The van der Waals surface area contributed by atoms with Crippen molar-refractivity contribution in [2.24, 2.45) is 0 Å². The summed E-state index contributed by atoms with van der Waals surface area (Å²) in [6.45, 7) is 7.21. The van der Waals surface area contributed by atoms with E-state index < -0.39 is 5.97 Å². The maximum atomic E-state index is 12.3. The quantitative estimate of drug-likeness (QED) is 0.162. The highest BCUT2D eigenvalue weighted by Gasteiger charge is 2.12. The van der Waals surface area contributed by atoms with E-state index in [1.807, 2.05) is 19.1 Å². The fraction of sp³-hybridized carbons (Fsp3) is 0.452. The summed E-state index contributed by atoms with van der Waals surface area (Å²) in [5, 5.41) is 0. The number of carbonyl (C=O) groups excluding carboxylic acids is 1. The monoisotopic (exact) mass is 488 g/mol. The van der Waals surface area contributed by atoms with E-state index in [9.17, 15) is 4.79 Å². The molecule has 0 fully saturated rings. The Morgan fingerprint density at radius 2 is 1.36 bits per heavy atom. The number of rotatable bonds is 15. The first-order valence-electron chi connectivity index (χ1n) is 13.4. The molecule has 0 aliphatic rings. The van der Waals surface area contributed by atoms with Gasteiger partial charge in [0.2, 0.25) is 0 Å². The molecule has 0 unspecified atom stereocenters. The minimum atomic E-state index is -0.435. The lowest BCUT2D eigenvalue weighted by molar-refractivity contribution is -0.00138. The van der Waals surface area contributed by atoms with Crippen molar-refractivity contribution < 1.29 is 14.3 Å². The molecular formula is C31H40N2O3. The van der Waals surface area contributed by atoms with Crippen LogP contribution in [0.15, 0.2) is 60.9 Å². The van der Waals surface area contributed by atoms with Crippen LogP contribution in [-0.4, -0.2) is 35.3 Å². The van der Waals surface area contributed by atoms with Crippen LogP contribution in [0.4, 0.5) is 0 Å². The molecule has 0 aliphatic heterocycles. The Morgan fingerprint density at radius 3 is 2.00 bits per heavy atom. The number of hydrogen-bond acceptors (Lipinski definition) is 5. The topological polar surface area (TPSA) is 61.3 Å². The molecule has 5 nitrogen and oxygen atoms in total. The first-order valence-corrected chi connectivity index (χ1v) is 13.4. The van der Waals surface area contributed by atoms with E-state index in [0.717, 1.165) is 36.8 Å². The second-order valence-electron chi connectivity index (χ2n) is 9.37. The summed E-state index contributed by atoms with van der Waals surface area (Å²) in [6.07, 6.45) is 12.5. The number of nitrogens with zero attached hydrogens (tertiary/aromatic N) is 2. The van der Waals surface area contributed by atoms with Crippen LogP contribution >= 0.6 is 0 Å². The van der Waals surface area contributed by atoms with E-state index in [4.69, 9.17) is 9.47 Å². The van der Waals surface area contributed by atoms with Gasteiger partial charge in [0.25, 0.3) is 0 Å². The molecular weight excluding hydrogens is 448 g/mol. The molecule has 2 aromatic carbocycles. The summed E-state index contributed by atoms with van der Waals surface area (Å²) < 4.78 is 11.0. The SMILES string of the molecule is CCCCCCc1ccc(-c2ccc(-c3ncc(C(=O)OC[C@@H](C)OCCCCC)cn3)cc2)cc1. The van der Waals surface area contributed by atoms with Gasteiger partial charge in [0.15, 0.2) is 5.82 Å². The smallest absolute Gasteiger partial charge is 0.341 e. The van der Waals surface area contributed by atoms with Gasteiger partial charge in [-0.1, -0.05) is 94.5 Å². The third kappa shape index (κ3) is 8.87. The maximum absolute atomic E-state index is 12.3. The van der Waals surface area contributed by atoms with Crippen molar-refractivity contribution in [1.29, 1.82) is 0 Å². The predicted octanol–water partition coefficient (Wildman–Crippen LogP) is 7.69. The Bertz CT molecular complexity index is 1030. The van der Waals surface area contributed by atoms with Crippen LogP contribution in [0, 0.1) is 0 Å². The van der Waals surface area contributed by atoms with Crippen molar-refractivity contribution in [3.8, 4) is 22.5 Å². The van der Waals surface area contributed by atoms with Crippen molar-refractivity contribution in [3.63, 3.8) is 0 Å². The van der Waals surface area contributed by atoms with Gasteiger partial charge >= 0.3 is 5.97 Å². The number of aryl methyl sites for hydroxylation is 1. The lowest BCUT2D eigenvalue weighted by Crippen LogP contribution is -2.20. The average molecular weight is 489 g/mol. The Morgan fingerprint density at radius 1 is 0.778 bits per heavy atom. The molecule has 0 saturated heterocycles. The molecule has 0 amide bonds. The van der Waals surface area contributed by atoms with Gasteiger partial charge < -0.3 is 9.47 Å². The van der Waals surface area contributed by atoms with Crippen molar-refractivity contribution in [2.45, 2.75) is 78.2 Å². The van der Waals surface area contributed by atoms with Crippen molar-refractivity contribution in [1.82, 2.24) is 9.97 Å².